The molecule has 0 saturated carbocycles. The minimum atomic E-state index is -1.00. The Balaban J connectivity index is 2.66. The Bertz CT molecular complexity index is 461. The second-order valence-corrected chi connectivity index (χ2v) is 3.86. The summed E-state index contributed by atoms with van der Waals surface area (Å²) in [5.74, 6) is -1.00. The van der Waals surface area contributed by atoms with Gasteiger partial charge in [-0.05, 0) is 17.6 Å². The van der Waals surface area contributed by atoms with Crippen molar-refractivity contribution in [3.8, 4) is 0 Å². The molecule has 0 aliphatic rings. The first-order valence-electron chi connectivity index (χ1n) is 5.66. The van der Waals surface area contributed by atoms with Crippen LogP contribution in [0.4, 0.5) is 0 Å². The number of hydrogen-bond donors (Lipinski definition) is 2. The number of aliphatic carboxylic acids is 1. The van der Waals surface area contributed by atoms with E-state index in [1.54, 1.807) is 6.08 Å². The standard InChI is InChI=1S/C15H17NO2/c1-2-12(11-14(16)15(17)18)9-6-10-13-7-4-3-5-8-13/h2-10,14H,1,11,16H2,(H,17,18)/b10-6+,12-9+/t14-/m1/s1. The van der Waals surface area contributed by atoms with Gasteiger partial charge in [0.15, 0.2) is 0 Å². The normalized spacial score (nSPS) is 13.5. The van der Waals surface area contributed by atoms with Crippen LogP contribution in [0.25, 0.3) is 6.08 Å². The molecule has 0 fully saturated rings. The molecule has 0 aromatic heterocycles. The Kier molecular flexibility index (Phi) is 5.61. The van der Waals surface area contributed by atoms with Gasteiger partial charge in [0.05, 0.1) is 0 Å². The third-order valence-electron chi connectivity index (χ3n) is 2.43. The van der Waals surface area contributed by atoms with E-state index < -0.39 is 12.0 Å². The molecule has 0 radical (unpaired) electrons. The molecule has 0 heterocycles. The van der Waals surface area contributed by atoms with Gasteiger partial charge >= 0.3 is 5.97 Å². The third-order valence-corrected chi connectivity index (χ3v) is 2.43. The highest BCUT2D eigenvalue weighted by molar-refractivity contribution is 5.73. The Morgan fingerprint density at radius 3 is 2.61 bits per heavy atom. The van der Waals surface area contributed by atoms with Gasteiger partial charge in [0, 0.05) is 0 Å². The Hall–Kier alpha value is -2.13. The molecule has 0 spiro atoms. The molecule has 3 nitrogen and oxygen atoms in total. The van der Waals surface area contributed by atoms with E-state index in [0.717, 1.165) is 11.1 Å². The summed E-state index contributed by atoms with van der Waals surface area (Å²) in [4.78, 5) is 10.6. The summed E-state index contributed by atoms with van der Waals surface area (Å²) < 4.78 is 0. The molecule has 3 N–H and O–H groups in total. The van der Waals surface area contributed by atoms with Crippen LogP contribution in [0.3, 0.4) is 0 Å². The van der Waals surface area contributed by atoms with Gasteiger partial charge in [-0.2, -0.15) is 0 Å². The fraction of sp³-hybridized carbons (Fsp3) is 0.133. The van der Waals surface area contributed by atoms with Crippen LogP contribution < -0.4 is 5.73 Å². The van der Waals surface area contributed by atoms with Gasteiger partial charge in [-0.1, -0.05) is 61.2 Å². The Morgan fingerprint density at radius 1 is 1.39 bits per heavy atom. The summed E-state index contributed by atoms with van der Waals surface area (Å²) in [6, 6.07) is 8.95. The van der Waals surface area contributed by atoms with Crippen molar-refractivity contribution in [2.24, 2.45) is 5.73 Å². The van der Waals surface area contributed by atoms with E-state index in [4.69, 9.17) is 10.8 Å². The minimum Gasteiger partial charge on any atom is -0.480 e. The average Bonchev–Trinajstić information content (AvgIpc) is 2.38. The number of rotatable bonds is 6. The molecule has 1 aromatic rings. The van der Waals surface area contributed by atoms with Crippen LogP contribution in [0.2, 0.25) is 0 Å². The summed E-state index contributed by atoms with van der Waals surface area (Å²) in [6.45, 7) is 3.65. The van der Waals surface area contributed by atoms with Crippen molar-refractivity contribution in [1.29, 1.82) is 0 Å². The predicted octanol–water partition coefficient (Wildman–Crippen LogP) is 2.61. The zero-order valence-electron chi connectivity index (χ0n) is 10.1. The van der Waals surface area contributed by atoms with E-state index in [1.807, 2.05) is 48.6 Å². The highest BCUT2D eigenvalue weighted by Crippen LogP contribution is 2.07. The van der Waals surface area contributed by atoms with Gasteiger partial charge in [0.1, 0.15) is 6.04 Å². The molecule has 0 aliphatic heterocycles. The van der Waals surface area contributed by atoms with E-state index in [0.29, 0.717) is 0 Å². The third kappa shape index (κ3) is 4.80. The molecule has 1 aromatic carbocycles. The van der Waals surface area contributed by atoms with Crippen LogP contribution in [0.15, 0.2) is 60.7 Å². The lowest BCUT2D eigenvalue weighted by atomic mass is 10.1. The minimum absolute atomic E-state index is 0.276. The van der Waals surface area contributed by atoms with E-state index in [2.05, 4.69) is 6.58 Å². The Morgan fingerprint density at radius 2 is 2.06 bits per heavy atom. The lowest BCUT2D eigenvalue weighted by Gasteiger charge is -2.05. The fourth-order valence-electron chi connectivity index (χ4n) is 1.41. The van der Waals surface area contributed by atoms with E-state index in [1.165, 1.54) is 0 Å². The predicted molar refractivity (Wildman–Crippen MR) is 74.0 cm³/mol. The zero-order chi connectivity index (χ0) is 13.4. The van der Waals surface area contributed by atoms with Crippen LogP contribution in [0.1, 0.15) is 12.0 Å². The van der Waals surface area contributed by atoms with Gasteiger partial charge in [-0.3, -0.25) is 4.79 Å². The lowest BCUT2D eigenvalue weighted by Crippen LogP contribution is -2.30. The molecule has 0 bridgehead atoms. The largest absolute Gasteiger partial charge is 0.480 e. The summed E-state index contributed by atoms with van der Waals surface area (Å²) in [5.41, 5.74) is 7.35. The molecular weight excluding hydrogens is 226 g/mol. The van der Waals surface area contributed by atoms with Crippen LogP contribution in [-0.2, 0) is 4.79 Å². The molecule has 1 atom stereocenters. The average molecular weight is 243 g/mol. The fourth-order valence-corrected chi connectivity index (χ4v) is 1.41. The van der Waals surface area contributed by atoms with Crippen molar-refractivity contribution in [3.05, 3.63) is 66.3 Å². The van der Waals surface area contributed by atoms with Crippen molar-refractivity contribution in [2.45, 2.75) is 12.5 Å². The number of benzene rings is 1. The zero-order valence-corrected chi connectivity index (χ0v) is 10.1. The summed E-state index contributed by atoms with van der Waals surface area (Å²) in [7, 11) is 0. The molecule has 0 amide bonds. The molecule has 94 valence electrons. The van der Waals surface area contributed by atoms with Crippen molar-refractivity contribution >= 4 is 12.0 Å². The molecule has 18 heavy (non-hydrogen) atoms. The highest BCUT2D eigenvalue weighted by atomic mass is 16.4. The maximum Gasteiger partial charge on any atom is 0.320 e. The maximum atomic E-state index is 10.6. The van der Waals surface area contributed by atoms with Crippen LogP contribution in [0.5, 0.6) is 0 Å². The topological polar surface area (TPSA) is 63.3 Å². The van der Waals surface area contributed by atoms with Gasteiger partial charge in [-0.15, -0.1) is 0 Å². The second kappa shape index (κ2) is 7.25. The summed E-state index contributed by atoms with van der Waals surface area (Å²) >= 11 is 0. The molecule has 0 saturated heterocycles. The van der Waals surface area contributed by atoms with Gasteiger partial charge in [-0.25, -0.2) is 0 Å². The Labute approximate surface area is 107 Å². The quantitative estimate of drug-likeness (QED) is 0.755. The number of allylic oxidation sites excluding steroid dienone is 3. The maximum absolute atomic E-state index is 10.6. The SMILES string of the molecule is C=C/C(=C\C=C\c1ccccc1)C[C@@H](N)C(=O)O. The first-order chi connectivity index (χ1) is 8.63. The van der Waals surface area contributed by atoms with Crippen molar-refractivity contribution in [2.75, 3.05) is 0 Å². The van der Waals surface area contributed by atoms with Crippen molar-refractivity contribution in [3.63, 3.8) is 0 Å². The first kappa shape index (κ1) is 13.9. The number of carboxylic acids is 1. The van der Waals surface area contributed by atoms with E-state index in [-0.39, 0.29) is 6.42 Å². The van der Waals surface area contributed by atoms with Crippen LogP contribution >= 0.6 is 0 Å². The molecule has 0 unspecified atom stereocenters. The van der Waals surface area contributed by atoms with E-state index >= 15 is 0 Å². The lowest BCUT2D eigenvalue weighted by molar-refractivity contribution is -0.138. The smallest absolute Gasteiger partial charge is 0.320 e. The first-order valence-corrected chi connectivity index (χ1v) is 5.66. The monoisotopic (exact) mass is 243 g/mol. The molecule has 3 heteroatoms. The van der Waals surface area contributed by atoms with Gasteiger partial charge in [0.2, 0.25) is 0 Å². The molecular formula is C15H17NO2. The second-order valence-electron chi connectivity index (χ2n) is 3.86. The summed E-state index contributed by atoms with van der Waals surface area (Å²) in [5, 5.41) is 8.73. The van der Waals surface area contributed by atoms with Gasteiger partial charge in [0.25, 0.3) is 0 Å². The van der Waals surface area contributed by atoms with E-state index in [9.17, 15) is 4.79 Å². The van der Waals surface area contributed by atoms with Crippen LogP contribution in [-0.4, -0.2) is 17.1 Å². The number of nitrogens with two attached hydrogens (primary N) is 1. The van der Waals surface area contributed by atoms with Crippen molar-refractivity contribution in [1.82, 2.24) is 0 Å². The molecule has 0 aliphatic carbocycles. The number of carboxylic acid groups (broad SMARTS) is 1. The highest BCUT2D eigenvalue weighted by Gasteiger charge is 2.11. The van der Waals surface area contributed by atoms with Crippen LogP contribution in [0, 0.1) is 0 Å². The number of carbonyl (C=O) groups is 1. The van der Waals surface area contributed by atoms with Gasteiger partial charge < -0.3 is 10.8 Å². The summed E-state index contributed by atoms with van der Waals surface area (Å²) in [6.07, 6.45) is 7.52. The number of hydrogen-bond acceptors (Lipinski definition) is 2. The van der Waals surface area contributed by atoms with Crippen molar-refractivity contribution < 1.29 is 9.90 Å². The molecule has 1 rings (SSSR count).